The van der Waals surface area contributed by atoms with Crippen molar-refractivity contribution in [2.45, 2.75) is 27.0 Å². The number of thiophene rings is 1. The minimum atomic E-state index is 0.584. The van der Waals surface area contributed by atoms with Crippen LogP contribution in [-0.2, 0) is 13.2 Å². The molecule has 0 unspecified atom stereocenters. The monoisotopic (exact) mass is 291 g/mol. The number of hydrogen-bond donors (Lipinski definition) is 1. The Kier molecular flexibility index (Phi) is 5.89. The molecule has 0 aliphatic rings. The number of nitrogens with one attached hydrogen (secondary N) is 1. The third kappa shape index (κ3) is 3.99. The van der Waals surface area contributed by atoms with E-state index in [4.69, 9.17) is 9.47 Å². The lowest BCUT2D eigenvalue weighted by atomic mass is 10.2. The van der Waals surface area contributed by atoms with Crippen molar-refractivity contribution in [3.63, 3.8) is 0 Å². The van der Waals surface area contributed by atoms with Crippen LogP contribution in [0.2, 0.25) is 0 Å². The van der Waals surface area contributed by atoms with Gasteiger partial charge in [0.05, 0.1) is 6.61 Å². The first-order valence-electron chi connectivity index (χ1n) is 6.95. The number of rotatable bonds is 8. The van der Waals surface area contributed by atoms with Crippen LogP contribution in [0.4, 0.5) is 0 Å². The fourth-order valence-electron chi connectivity index (χ4n) is 1.93. The Morgan fingerprint density at radius 2 is 2.00 bits per heavy atom. The van der Waals surface area contributed by atoms with Gasteiger partial charge in [0.15, 0.2) is 11.5 Å². The van der Waals surface area contributed by atoms with Gasteiger partial charge in [0.1, 0.15) is 6.61 Å². The van der Waals surface area contributed by atoms with Crippen LogP contribution in [0, 0.1) is 0 Å². The molecule has 0 fully saturated rings. The first-order valence-corrected chi connectivity index (χ1v) is 7.83. The fourth-order valence-corrected chi connectivity index (χ4v) is 2.55. The van der Waals surface area contributed by atoms with Crippen molar-refractivity contribution in [1.29, 1.82) is 0 Å². The second-order valence-electron chi connectivity index (χ2n) is 4.33. The summed E-state index contributed by atoms with van der Waals surface area (Å²) in [6.45, 7) is 7.03. The molecular formula is C16H21NO2S. The van der Waals surface area contributed by atoms with Gasteiger partial charge in [0, 0.05) is 17.0 Å². The van der Waals surface area contributed by atoms with E-state index in [0.717, 1.165) is 30.2 Å². The minimum absolute atomic E-state index is 0.584. The minimum Gasteiger partial charge on any atom is -0.490 e. The molecule has 4 heteroatoms. The molecule has 1 heterocycles. The van der Waals surface area contributed by atoms with Gasteiger partial charge in [-0.2, -0.15) is 0 Å². The number of hydrogen-bond acceptors (Lipinski definition) is 4. The van der Waals surface area contributed by atoms with Crippen molar-refractivity contribution < 1.29 is 9.47 Å². The maximum absolute atomic E-state index is 6.01. The molecule has 2 aromatic rings. The highest BCUT2D eigenvalue weighted by molar-refractivity contribution is 7.09. The molecule has 108 valence electrons. The van der Waals surface area contributed by atoms with Crippen LogP contribution in [0.15, 0.2) is 35.7 Å². The zero-order valence-corrected chi connectivity index (χ0v) is 12.8. The summed E-state index contributed by atoms with van der Waals surface area (Å²) in [5, 5.41) is 5.40. The maximum atomic E-state index is 6.01. The van der Waals surface area contributed by atoms with Crippen molar-refractivity contribution in [2.75, 3.05) is 13.2 Å². The normalized spacial score (nSPS) is 10.5. The van der Waals surface area contributed by atoms with E-state index in [0.29, 0.717) is 13.2 Å². The summed E-state index contributed by atoms with van der Waals surface area (Å²) in [5.41, 5.74) is 1.13. The molecule has 1 aromatic heterocycles. The average molecular weight is 291 g/mol. The quantitative estimate of drug-likeness (QED) is 0.801. The van der Waals surface area contributed by atoms with Gasteiger partial charge in [-0.05, 0) is 31.0 Å². The van der Waals surface area contributed by atoms with Crippen LogP contribution in [-0.4, -0.2) is 13.2 Å². The average Bonchev–Trinajstić information content (AvgIpc) is 2.97. The van der Waals surface area contributed by atoms with Crippen molar-refractivity contribution in [1.82, 2.24) is 5.32 Å². The van der Waals surface area contributed by atoms with Gasteiger partial charge < -0.3 is 14.8 Å². The highest BCUT2D eigenvalue weighted by Gasteiger charge is 2.11. The lowest BCUT2D eigenvalue weighted by molar-refractivity contribution is 0.268. The molecule has 1 aromatic carbocycles. The van der Waals surface area contributed by atoms with Crippen LogP contribution in [0.1, 0.15) is 24.3 Å². The molecule has 2 rings (SSSR count). The third-order valence-corrected chi connectivity index (χ3v) is 3.71. The number of para-hydroxylation sites is 1. The van der Waals surface area contributed by atoms with E-state index < -0.39 is 0 Å². The number of benzene rings is 1. The summed E-state index contributed by atoms with van der Waals surface area (Å²) >= 11 is 1.70. The van der Waals surface area contributed by atoms with Gasteiger partial charge >= 0.3 is 0 Å². The Morgan fingerprint density at radius 3 is 2.70 bits per heavy atom. The summed E-state index contributed by atoms with van der Waals surface area (Å²) in [6, 6.07) is 10.2. The van der Waals surface area contributed by atoms with Crippen molar-refractivity contribution >= 4 is 11.3 Å². The topological polar surface area (TPSA) is 30.5 Å². The molecule has 0 bridgehead atoms. The van der Waals surface area contributed by atoms with Gasteiger partial charge in [-0.25, -0.2) is 0 Å². The highest BCUT2D eigenvalue weighted by Crippen LogP contribution is 2.32. The van der Waals surface area contributed by atoms with E-state index in [2.05, 4.69) is 29.8 Å². The molecule has 0 aliphatic carbocycles. The van der Waals surface area contributed by atoms with E-state index in [1.807, 2.05) is 25.1 Å². The lowest BCUT2D eigenvalue weighted by Gasteiger charge is -2.15. The Hall–Kier alpha value is -1.52. The second kappa shape index (κ2) is 7.92. The van der Waals surface area contributed by atoms with Gasteiger partial charge in [-0.15, -0.1) is 11.3 Å². The molecule has 0 saturated carbocycles. The zero-order valence-electron chi connectivity index (χ0n) is 12.0. The second-order valence-corrected chi connectivity index (χ2v) is 5.36. The lowest BCUT2D eigenvalue weighted by Crippen LogP contribution is -2.13. The molecule has 3 nitrogen and oxygen atoms in total. The summed E-state index contributed by atoms with van der Waals surface area (Å²) < 4.78 is 11.7. The molecule has 0 amide bonds. The summed E-state index contributed by atoms with van der Waals surface area (Å²) in [5.74, 6) is 1.67. The first kappa shape index (κ1) is 14.9. The molecule has 1 N–H and O–H groups in total. The highest BCUT2D eigenvalue weighted by atomic mass is 32.1. The molecular weight excluding hydrogens is 270 g/mol. The van der Waals surface area contributed by atoms with Crippen LogP contribution < -0.4 is 14.8 Å². The van der Waals surface area contributed by atoms with Crippen LogP contribution in [0.25, 0.3) is 0 Å². The third-order valence-electron chi connectivity index (χ3n) is 2.86. The predicted molar refractivity (Wildman–Crippen MR) is 83.6 cm³/mol. The molecule has 0 aliphatic heterocycles. The zero-order chi connectivity index (χ0) is 14.2. The van der Waals surface area contributed by atoms with E-state index in [9.17, 15) is 0 Å². The predicted octanol–water partition coefficient (Wildman–Crippen LogP) is 3.84. The van der Waals surface area contributed by atoms with Crippen LogP contribution in [0.5, 0.6) is 11.5 Å². The standard InChI is InChI=1S/C16H21NO2S/c1-3-17-11-13-7-5-9-15(18-4-2)16(13)19-12-14-8-6-10-20-14/h5-10,17H,3-4,11-12H2,1-2H3. The molecule has 0 atom stereocenters. The summed E-state index contributed by atoms with van der Waals surface area (Å²) in [7, 11) is 0. The largest absolute Gasteiger partial charge is 0.490 e. The van der Waals surface area contributed by atoms with Gasteiger partial charge in [-0.1, -0.05) is 25.1 Å². The van der Waals surface area contributed by atoms with Gasteiger partial charge in [-0.3, -0.25) is 0 Å². The molecule has 20 heavy (non-hydrogen) atoms. The first-order chi connectivity index (χ1) is 9.85. The Morgan fingerprint density at radius 1 is 1.10 bits per heavy atom. The van der Waals surface area contributed by atoms with E-state index in [-0.39, 0.29) is 0 Å². The van der Waals surface area contributed by atoms with Crippen molar-refractivity contribution in [2.24, 2.45) is 0 Å². The van der Waals surface area contributed by atoms with Gasteiger partial charge in [0.2, 0.25) is 0 Å². The number of ether oxygens (including phenoxy) is 2. The van der Waals surface area contributed by atoms with Crippen molar-refractivity contribution in [3.05, 3.63) is 46.2 Å². The fraction of sp³-hybridized carbons (Fsp3) is 0.375. The smallest absolute Gasteiger partial charge is 0.166 e. The Labute approximate surface area is 124 Å². The summed E-state index contributed by atoms with van der Waals surface area (Å²) in [6.07, 6.45) is 0. The molecule has 0 saturated heterocycles. The van der Waals surface area contributed by atoms with Gasteiger partial charge in [0.25, 0.3) is 0 Å². The Bertz CT molecular complexity index is 511. The van der Waals surface area contributed by atoms with E-state index in [1.165, 1.54) is 4.88 Å². The Balaban J connectivity index is 2.16. The van der Waals surface area contributed by atoms with E-state index in [1.54, 1.807) is 11.3 Å². The molecule has 0 radical (unpaired) electrons. The SMILES string of the molecule is CCNCc1cccc(OCC)c1OCc1cccs1. The van der Waals surface area contributed by atoms with Crippen LogP contribution in [0.3, 0.4) is 0 Å². The van der Waals surface area contributed by atoms with Crippen molar-refractivity contribution in [3.8, 4) is 11.5 Å². The summed E-state index contributed by atoms with van der Waals surface area (Å²) in [4.78, 5) is 1.21. The van der Waals surface area contributed by atoms with E-state index >= 15 is 0 Å². The molecule has 0 spiro atoms. The van der Waals surface area contributed by atoms with Crippen LogP contribution >= 0.6 is 11.3 Å². The maximum Gasteiger partial charge on any atom is 0.166 e.